The van der Waals surface area contributed by atoms with E-state index < -0.39 is 17.9 Å². The number of amides is 3. The number of furan rings is 1. The van der Waals surface area contributed by atoms with Crippen LogP contribution in [-0.4, -0.2) is 34.7 Å². The van der Waals surface area contributed by atoms with Crippen molar-refractivity contribution in [1.82, 2.24) is 10.2 Å². The van der Waals surface area contributed by atoms with Gasteiger partial charge in [0.15, 0.2) is 0 Å². The number of carbonyl (C=O) groups is 3. The topological polar surface area (TPSA) is 79.6 Å². The summed E-state index contributed by atoms with van der Waals surface area (Å²) < 4.78 is 5.35. The van der Waals surface area contributed by atoms with Crippen molar-refractivity contribution < 1.29 is 18.8 Å². The molecule has 4 rings (SSSR count). The third-order valence-corrected chi connectivity index (χ3v) is 5.50. The maximum Gasteiger partial charge on any atom is 0.262 e. The first kappa shape index (κ1) is 20.6. The Kier molecular flexibility index (Phi) is 5.98. The van der Waals surface area contributed by atoms with Gasteiger partial charge >= 0.3 is 0 Å². The van der Waals surface area contributed by atoms with Crippen LogP contribution < -0.4 is 5.32 Å². The van der Waals surface area contributed by atoms with Gasteiger partial charge in [-0.1, -0.05) is 42.5 Å². The molecule has 1 aliphatic heterocycles. The molecule has 0 aliphatic carbocycles. The Morgan fingerprint density at radius 3 is 2.19 bits per heavy atom. The van der Waals surface area contributed by atoms with E-state index in [0.29, 0.717) is 24.0 Å². The van der Waals surface area contributed by atoms with Crippen LogP contribution in [0.3, 0.4) is 0 Å². The van der Waals surface area contributed by atoms with Crippen molar-refractivity contribution in [2.45, 2.75) is 38.3 Å². The first-order chi connectivity index (χ1) is 15.0. The standard InChI is InChI=1S/C25H24N2O4/c1-17(13-14-19-10-7-15-31-19)26-23(28)22(16-18-8-3-2-4-9-18)27-24(29)20-11-5-6-12-21(20)25(27)30/h2-12,15,17,22H,13-14,16H2,1H3,(H,26,28)/t17-,22+/m1/s1. The van der Waals surface area contributed by atoms with Gasteiger partial charge in [0.25, 0.3) is 11.8 Å². The molecular formula is C25H24N2O4. The van der Waals surface area contributed by atoms with Crippen LogP contribution in [0.15, 0.2) is 77.4 Å². The molecule has 0 fully saturated rings. The van der Waals surface area contributed by atoms with Gasteiger partial charge in [-0.3, -0.25) is 19.3 Å². The van der Waals surface area contributed by atoms with E-state index in [4.69, 9.17) is 4.42 Å². The summed E-state index contributed by atoms with van der Waals surface area (Å²) in [5.41, 5.74) is 1.55. The Labute approximate surface area is 180 Å². The van der Waals surface area contributed by atoms with Gasteiger partial charge in [-0.05, 0) is 43.2 Å². The summed E-state index contributed by atoms with van der Waals surface area (Å²) in [5, 5.41) is 2.98. The molecule has 3 amide bonds. The minimum atomic E-state index is -0.930. The minimum absolute atomic E-state index is 0.147. The summed E-state index contributed by atoms with van der Waals surface area (Å²) in [6.07, 6.45) is 3.24. The minimum Gasteiger partial charge on any atom is -0.469 e. The van der Waals surface area contributed by atoms with Gasteiger partial charge < -0.3 is 9.73 Å². The van der Waals surface area contributed by atoms with Crippen molar-refractivity contribution in [2.75, 3.05) is 0 Å². The number of hydrogen-bond acceptors (Lipinski definition) is 4. The molecule has 0 saturated heterocycles. The van der Waals surface area contributed by atoms with Crippen LogP contribution in [0.4, 0.5) is 0 Å². The summed E-state index contributed by atoms with van der Waals surface area (Å²) in [7, 11) is 0. The third-order valence-electron chi connectivity index (χ3n) is 5.50. The lowest BCUT2D eigenvalue weighted by Gasteiger charge is -2.27. The predicted molar refractivity (Wildman–Crippen MR) is 116 cm³/mol. The summed E-state index contributed by atoms with van der Waals surface area (Å²) >= 11 is 0. The Bertz CT molecular complexity index is 1040. The molecule has 1 aliphatic rings. The SMILES string of the molecule is C[C@H](CCc1ccco1)NC(=O)[C@H](Cc1ccccc1)N1C(=O)c2ccccc2C1=O. The molecule has 158 valence electrons. The van der Waals surface area contributed by atoms with Crippen molar-refractivity contribution in [3.05, 3.63) is 95.4 Å². The Morgan fingerprint density at radius 1 is 0.935 bits per heavy atom. The first-order valence-electron chi connectivity index (χ1n) is 10.4. The van der Waals surface area contributed by atoms with Gasteiger partial charge in [-0.15, -0.1) is 0 Å². The van der Waals surface area contributed by atoms with Crippen molar-refractivity contribution in [2.24, 2.45) is 0 Å². The number of rotatable bonds is 8. The molecule has 2 aromatic carbocycles. The second-order valence-corrected chi connectivity index (χ2v) is 7.76. The smallest absolute Gasteiger partial charge is 0.262 e. The fraction of sp³-hybridized carbons (Fsp3) is 0.240. The zero-order chi connectivity index (χ0) is 21.8. The number of imide groups is 1. The molecule has 31 heavy (non-hydrogen) atoms. The molecule has 0 spiro atoms. The summed E-state index contributed by atoms with van der Waals surface area (Å²) in [5.74, 6) is -0.354. The number of benzene rings is 2. The molecule has 6 nitrogen and oxygen atoms in total. The number of fused-ring (bicyclic) bond motifs is 1. The zero-order valence-corrected chi connectivity index (χ0v) is 17.3. The average Bonchev–Trinajstić information content (AvgIpc) is 3.39. The van der Waals surface area contributed by atoms with Crippen molar-refractivity contribution in [3.8, 4) is 0 Å². The molecule has 0 unspecified atom stereocenters. The fourth-order valence-electron chi connectivity index (χ4n) is 3.85. The lowest BCUT2D eigenvalue weighted by molar-refractivity contribution is -0.125. The van der Waals surface area contributed by atoms with E-state index in [0.717, 1.165) is 16.2 Å². The summed E-state index contributed by atoms with van der Waals surface area (Å²) in [6, 6.07) is 18.7. The van der Waals surface area contributed by atoms with Gasteiger partial charge in [-0.25, -0.2) is 0 Å². The van der Waals surface area contributed by atoms with E-state index in [1.165, 1.54) is 0 Å². The van der Waals surface area contributed by atoms with Gasteiger partial charge in [0, 0.05) is 18.9 Å². The van der Waals surface area contributed by atoms with E-state index in [-0.39, 0.29) is 18.4 Å². The highest BCUT2D eigenvalue weighted by Crippen LogP contribution is 2.26. The van der Waals surface area contributed by atoms with Crippen molar-refractivity contribution in [1.29, 1.82) is 0 Å². The average molecular weight is 416 g/mol. The van der Waals surface area contributed by atoms with Crippen LogP contribution in [0.25, 0.3) is 0 Å². The van der Waals surface area contributed by atoms with Gasteiger partial charge in [0.05, 0.1) is 17.4 Å². The lowest BCUT2D eigenvalue weighted by atomic mass is 10.0. The van der Waals surface area contributed by atoms with Crippen molar-refractivity contribution in [3.63, 3.8) is 0 Å². The van der Waals surface area contributed by atoms with Gasteiger partial charge in [0.1, 0.15) is 11.8 Å². The highest BCUT2D eigenvalue weighted by molar-refractivity contribution is 6.22. The van der Waals surface area contributed by atoms with Crippen LogP contribution in [0.2, 0.25) is 0 Å². The Morgan fingerprint density at radius 2 is 1.58 bits per heavy atom. The monoisotopic (exact) mass is 416 g/mol. The van der Waals surface area contributed by atoms with Crippen LogP contribution in [0.1, 0.15) is 45.4 Å². The normalized spacial score (nSPS) is 14.9. The first-order valence-corrected chi connectivity index (χ1v) is 10.4. The Balaban J connectivity index is 1.54. The van der Waals surface area contributed by atoms with E-state index in [2.05, 4.69) is 5.32 Å². The molecule has 2 atom stereocenters. The molecule has 2 heterocycles. The van der Waals surface area contributed by atoms with Gasteiger partial charge in [-0.2, -0.15) is 0 Å². The molecular weight excluding hydrogens is 392 g/mol. The van der Waals surface area contributed by atoms with Gasteiger partial charge in [0.2, 0.25) is 5.91 Å². The summed E-state index contributed by atoms with van der Waals surface area (Å²) in [4.78, 5) is 40.4. The van der Waals surface area contributed by atoms with Crippen LogP contribution in [0.5, 0.6) is 0 Å². The number of nitrogens with one attached hydrogen (secondary N) is 1. The lowest BCUT2D eigenvalue weighted by Crippen LogP contribution is -2.52. The maximum atomic E-state index is 13.3. The molecule has 1 aromatic heterocycles. The fourth-order valence-corrected chi connectivity index (χ4v) is 3.85. The van der Waals surface area contributed by atoms with Crippen molar-refractivity contribution >= 4 is 17.7 Å². The molecule has 0 saturated carbocycles. The van der Waals surface area contributed by atoms with E-state index in [1.807, 2.05) is 49.4 Å². The molecule has 3 aromatic rings. The second kappa shape index (κ2) is 9.00. The largest absolute Gasteiger partial charge is 0.469 e. The molecule has 6 heteroatoms. The van der Waals surface area contributed by atoms with E-state index in [1.54, 1.807) is 30.5 Å². The number of nitrogens with zero attached hydrogens (tertiary/aromatic N) is 1. The number of carbonyl (C=O) groups excluding carboxylic acids is 3. The molecule has 0 radical (unpaired) electrons. The third kappa shape index (κ3) is 4.43. The van der Waals surface area contributed by atoms with E-state index >= 15 is 0 Å². The molecule has 1 N–H and O–H groups in total. The van der Waals surface area contributed by atoms with Crippen LogP contribution in [-0.2, 0) is 17.6 Å². The maximum absolute atomic E-state index is 13.3. The highest BCUT2D eigenvalue weighted by Gasteiger charge is 2.42. The quantitative estimate of drug-likeness (QED) is 0.569. The zero-order valence-electron chi connectivity index (χ0n) is 17.3. The number of hydrogen-bond donors (Lipinski definition) is 1. The molecule has 0 bridgehead atoms. The highest BCUT2D eigenvalue weighted by atomic mass is 16.3. The van der Waals surface area contributed by atoms with Crippen LogP contribution >= 0.6 is 0 Å². The second-order valence-electron chi connectivity index (χ2n) is 7.76. The number of aryl methyl sites for hydroxylation is 1. The Hall–Kier alpha value is -3.67. The van der Waals surface area contributed by atoms with E-state index in [9.17, 15) is 14.4 Å². The predicted octanol–water partition coefficient (Wildman–Crippen LogP) is 3.62. The summed E-state index contributed by atoms with van der Waals surface area (Å²) in [6.45, 7) is 1.91. The van der Waals surface area contributed by atoms with Crippen LogP contribution in [0, 0.1) is 0 Å².